The molecule has 25 heavy (non-hydrogen) atoms. The van der Waals surface area contributed by atoms with Crippen molar-refractivity contribution < 1.29 is 23.1 Å². The lowest BCUT2D eigenvalue weighted by atomic mass is 9.91. The highest BCUT2D eigenvalue weighted by Gasteiger charge is 2.71. The van der Waals surface area contributed by atoms with Crippen molar-refractivity contribution in [2.24, 2.45) is 5.92 Å². The van der Waals surface area contributed by atoms with Crippen molar-refractivity contribution in [3.8, 4) is 0 Å². The Kier molecular flexibility index (Phi) is 4.36. The molecule has 3 rings (SSSR count). The summed E-state index contributed by atoms with van der Waals surface area (Å²) >= 11 is 0. The summed E-state index contributed by atoms with van der Waals surface area (Å²) in [5, 5.41) is 11.5. The van der Waals surface area contributed by atoms with Gasteiger partial charge in [-0.05, 0) is 32.4 Å². The summed E-state index contributed by atoms with van der Waals surface area (Å²) in [6, 6.07) is 8.50. The second-order valence-electron chi connectivity index (χ2n) is 7.07. The number of rotatable bonds is 6. The van der Waals surface area contributed by atoms with Crippen molar-refractivity contribution in [3.05, 3.63) is 35.9 Å². The molecule has 0 bridgehead atoms. The van der Waals surface area contributed by atoms with Gasteiger partial charge in [-0.2, -0.15) is 0 Å². The molecule has 2 saturated heterocycles. The molecule has 3 atom stereocenters. The van der Waals surface area contributed by atoms with Gasteiger partial charge in [-0.3, -0.25) is 4.79 Å². The Balaban J connectivity index is 1.66. The summed E-state index contributed by atoms with van der Waals surface area (Å²) in [5.74, 6) is -2.40. The molecule has 2 fully saturated rings. The van der Waals surface area contributed by atoms with E-state index in [-0.39, 0.29) is 6.54 Å². The Morgan fingerprint density at radius 2 is 1.92 bits per heavy atom. The summed E-state index contributed by atoms with van der Waals surface area (Å²) in [4.78, 5) is 24.9. The van der Waals surface area contributed by atoms with Crippen LogP contribution in [-0.4, -0.2) is 59.6 Å². The number of sulfone groups is 1. The van der Waals surface area contributed by atoms with Gasteiger partial charge in [0.2, 0.25) is 5.91 Å². The highest BCUT2D eigenvalue weighted by molar-refractivity contribution is 7.93. The fraction of sp³-hybridized carbons (Fsp3) is 0.529. The number of nitrogens with one attached hydrogen (secondary N) is 1. The number of carboxylic acid groups (broad SMARTS) is 1. The number of nitrogens with zero attached hydrogens (tertiary/aromatic N) is 1. The van der Waals surface area contributed by atoms with E-state index in [4.69, 9.17) is 0 Å². The number of carboxylic acids is 1. The smallest absolute Gasteiger partial charge is 0.328 e. The second-order valence-corrected chi connectivity index (χ2v) is 9.70. The van der Waals surface area contributed by atoms with E-state index in [1.165, 1.54) is 13.8 Å². The van der Waals surface area contributed by atoms with Gasteiger partial charge in [0.15, 0.2) is 9.84 Å². The van der Waals surface area contributed by atoms with Gasteiger partial charge in [-0.1, -0.05) is 30.3 Å². The molecule has 0 saturated carbocycles. The molecule has 0 aliphatic carbocycles. The van der Waals surface area contributed by atoms with Crippen LogP contribution in [0.2, 0.25) is 0 Å². The van der Waals surface area contributed by atoms with Crippen LogP contribution in [0, 0.1) is 5.92 Å². The molecule has 1 aromatic rings. The summed E-state index contributed by atoms with van der Waals surface area (Å²) in [6.07, 6.45) is 0.770. The molecule has 0 unspecified atom stereocenters. The van der Waals surface area contributed by atoms with E-state index in [0.29, 0.717) is 6.54 Å². The fourth-order valence-electron chi connectivity index (χ4n) is 3.73. The Morgan fingerprint density at radius 3 is 2.52 bits per heavy atom. The number of aliphatic carboxylic acids is 1. The first-order valence-electron chi connectivity index (χ1n) is 8.22. The van der Waals surface area contributed by atoms with Crippen LogP contribution in [0.15, 0.2) is 30.3 Å². The van der Waals surface area contributed by atoms with Crippen LogP contribution < -0.4 is 5.32 Å². The molecule has 7 nitrogen and oxygen atoms in total. The van der Waals surface area contributed by atoms with Crippen LogP contribution in [0.1, 0.15) is 19.4 Å². The van der Waals surface area contributed by atoms with Crippen molar-refractivity contribution in [1.82, 2.24) is 10.2 Å². The maximum Gasteiger partial charge on any atom is 0.328 e. The minimum atomic E-state index is -3.75. The van der Waals surface area contributed by atoms with E-state index in [2.05, 4.69) is 5.32 Å². The first kappa shape index (κ1) is 17.9. The highest BCUT2D eigenvalue weighted by Crippen LogP contribution is 2.48. The number of β-lactam (4-membered cyclic amide) rings is 1. The largest absolute Gasteiger partial charge is 0.480 e. The lowest BCUT2D eigenvalue weighted by Gasteiger charge is -2.42. The zero-order chi connectivity index (χ0) is 18.4. The van der Waals surface area contributed by atoms with Gasteiger partial charge in [0, 0.05) is 6.54 Å². The average molecular weight is 366 g/mol. The third kappa shape index (κ3) is 2.64. The lowest BCUT2D eigenvalue weighted by molar-refractivity contribution is -0.163. The van der Waals surface area contributed by atoms with E-state index >= 15 is 0 Å². The van der Waals surface area contributed by atoms with E-state index in [9.17, 15) is 23.1 Å². The number of fused-ring (bicyclic) bond motifs is 1. The molecule has 0 spiro atoms. The SMILES string of the molecule is CC1(C)[C@H](C(=O)O)N2C(=O)[C@@H](CNCCc3ccccc3)[C@H]2S1(=O)=O. The maximum absolute atomic E-state index is 12.7. The standard InChI is InChI=1S/C17H22N2O5S/c1-17(2)13(16(21)22)19-14(20)12(15(19)25(17,23)24)10-18-9-8-11-6-4-3-5-7-11/h3-7,12-13,15,18H,8-10H2,1-2H3,(H,21,22)/t12-,13+,15-/m1/s1. The molecule has 1 amide bonds. The molecule has 2 aliphatic rings. The Morgan fingerprint density at radius 1 is 1.28 bits per heavy atom. The molecule has 0 radical (unpaired) electrons. The lowest BCUT2D eigenvalue weighted by Crippen LogP contribution is -2.65. The van der Waals surface area contributed by atoms with Crippen LogP contribution in [0.4, 0.5) is 0 Å². The predicted molar refractivity (Wildman–Crippen MR) is 91.6 cm³/mol. The third-order valence-electron chi connectivity index (χ3n) is 5.21. The van der Waals surface area contributed by atoms with Crippen molar-refractivity contribution in [3.63, 3.8) is 0 Å². The zero-order valence-electron chi connectivity index (χ0n) is 14.2. The number of carbonyl (C=O) groups is 2. The third-order valence-corrected chi connectivity index (χ3v) is 8.09. The van der Waals surface area contributed by atoms with Gasteiger partial charge in [-0.15, -0.1) is 0 Å². The van der Waals surface area contributed by atoms with Crippen molar-refractivity contribution >= 4 is 21.7 Å². The van der Waals surface area contributed by atoms with E-state index in [1.807, 2.05) is 30.3 Å². The van der Waals surface area contributed by atoms with Crippen LogP contribution in [0.3, 0.4) is 0 Å². The molecular weight excluding hydrogens is 344 g/mol. The normalized spacial score (nSPS) is 29.1. The molecular formula is C17H22N2O5S. The van der Waals surface area contributed by atoms with Gasteiger partial charge >= 0.3 is 5.97 Å². The number of hydrogen-bond acceptors (Lipinski definition) is 5. The summed E-state index contributed by atoms with van der Waals surface area (Å²) in [6.45, 7) is 3.61. The van der Waals surface area contributed by atoms with Gasteiger partial charge in [0.05, 0.1) is 10.7 Å². The van der Waals surface area contributed by atoms with Gasteiger partial charge in [0.1, 0.15) is 11.4 Å². The van der Waals surface area contributed by atoms with Gasteiger partial charge in [0.25, 0.3) is 0 Å². The minimum Gasteiger partial charge on any atom is -0.480 e. The molecule has 1 aromatic carbocycles. The van der Waals surface area contributed by atoms with Gasteiger partial charge in [-0.25, -0.2) is 13.2 Å². The number of hydrogen-bond donors (Lipinski definition) is 2. The van der Waals surface area contributed by atoms with Crippen molar-refractivity contribution in [2.45, 2.75) is 36.4 Å². The monoisotopic (exact) mass is 366 g/mol. The van der Waals surface area contributed by atoms with E-state index in [0.717, 1.165) is 16.9 Å². The highest BCUT2D eigenvalue weighted by atomic mass is 32.2. The Bertz CT molecular complexity index is 791. The van der Waals surface area contributed by atoms with Crippen LogP contribution in [0.25, 0.3) is 0 Å². The molecule has 8 heteroatoms. The number of benzene rings is 1. The van der Waals surface area contributed by atoms with Gasteiger partial charge < -0.3 is 15.3 Å². The summed E-state index contributed by atoms with van der Waals surface area (Å²) in [5.41, 5.74) is 1.15. The molecule has 2 aliphatic heterocycles. The molecule has 0 aromatic heterocycles. The van der Waals surface area contributed by atoms with E-state index < -0.39 is 43.8 Å². The topological polar surface area (TPSA) is 104 Å². The second kappa shape index (κ2) is 6.10. The first-order chi connectivity index (χ1) is 11.7. The van der Waals surface area contributed by atoms with Crippen LogP contribution in [0.5, 0.6) is 0 Å². The summed E-state index contributed by atoms with van der Waals surface area (Å²) < 4.78 is 23.9. The number of amides is 1. The maximum atomic E-state index is 12.7. The quantitative estimate of drug-likeness (QED) is 0.553. The Labute approximate surface area is 146 Å². The fourth-order valence-corrected chi connectivity index (χ4v) is 6.05. The Hall–Kier alpha value is -1.93. The first-order valence-corrected chi connectivity index (χ1v) is 9.77. The van der Waals surface area contributed by atoms with Crippen LogP contribution >= 0.6 is 0 Å². The molecule has 136 valence electrons. The van der Waals surface area contributed by atoms with Crippen molar-refractivity contribution in [1.29, 1.82) is 0 Å². The van der Waals surface area contributed by atoms with E-state index in [1.54, 1.807) is 0 Å². The average Bonchev–Trinajstić information content (AvgIpc) is 2.69. The predicted octanol–water partition coefficient (Wildman–Crippen LogP) is 0.263. The molecule has 2 heterocycles. The number of carbonyl (C=O) groups excluding carboxylic acids is 1. The zero-order valence-corrected chi connectivity index (χ0v) is 15.0. The molecule has 2 N–H and O–H groups in total. The van der Waals surface area contributed by atoms with Crippen LogP contribution in [-0.2, 0) is 25.8 Å². The van der Waals surface area contributed by atoms with Crippen molar-refractivity contribution in [2.75, 3.05) is 13.1 Å². The minimum absolute atomic E-state index is 0.231. The summed E-state index contributed by atoms with van der Waals surface area (Å²) in [7, 11) is -3.75.